The zero-order valence-corrected chi connectivity index (χ0v) is 19.4. The molecule has 28 heavy (non-hydrogen) atoms. The van der Waals surface area contributed by atoms with Crippen LogP contribution in [0, 0.1) is 0 Å². The summed E-state index contributed by atoms with van der Waals surface area (Å²) >= 11 is 0. The minimum atomic E-state index is -0.289. The lowest BCUT2D eigenvalue weighted by atomic mass is 10.1. The zero-order valence-electron chi connectivity index (χ0n) is 18.6. The Morgan fingerprint density at radius 3 is 1.50 bits per heavy atom. The Bertz CT molecular complexity index is 335. The van der Waals surface area contributed by atoms with Crippen LogP contribution in [0.2, 0.25) is 0 Å². The highest BCUT2D eigenvalue weighted by molar-refractivity contribution is 5.85. The van der Waals surface area contributed by atoms with Crippen molar-refractivity contribution in [2.75, 3.05) is 13.2 Å². The number of nitrogens with two attached hydrogens (primary N) is 1. The Hall–Kier alpha value is -0.540. The Labute approximate surface area is 181 Å². The van der Waals surface area contributed by atoms with E-state index in [9.17, 15) is 4.79 Å². The number of unbranched alkanes of at least 4 members (excludes halogenated alkanes) is 16. The third-order valence-electron chi connectivity index (χ3n) is 5.09. The van der Waals surface area contributed by atoms with E-state index in [0.717, 1.165) is 12.8 Å². The molecule has 0 heterocycles. The average Bonchev–Trinajstić information content (AvgIpc) is 2.68. The second-order valence-electron chi connectivity index (χ2n) is 7.78. The van der Waals surface area contributed by atoms with E-state index in [2.05, 4.69) is 19.1 Å². The van der Waals surface area contributed by atoms with Crippen LogP contribution in [0.4, 0.5) is 0 Å². The topological polar surface area (TPSA) is 52.3 Å². The number of allylic oxidation sites excluding steroid dienone is 2. The summed E-state index contributed by atoms with van der Waals surface area (Å²) in [6, 6.07) is 0. The van der Waals surface area contributed by atoms with Gasteiger partial charge < -0.3 is 10.5 Å². The molecule has 0 aromatic heterocycles. The first-order valence-electron chi connectivity index (χ1n) is 11.8. The lowest BCUT2D eigenvalue weighted by molar-refractivity contribution is -0.142. The first-order chi connectivity index (χ1) is 13.3. The van der Waals surface area contributed by atoms with Gasteiger partial charge in [-0.3, -0.25) is 4.79 Å². The van der Waals surface area contributed by atoms with Crippen LogP contribution in [0.1, 0.15) is 122 Å². The van der Waals surface area contributed by atoms with Gasteiger partial charge in [0.05, 0.1) is 13.2 Å². The standard InChI is InChI=1S/C24H47NO2.ClH/c1-2-3-4-5-6-7-8-9-10-11-12-13-14-15-16-17-18-19-20-21-22-27-24(26)23-25;/h9-10H,2-8,11-23,25H2,1H3;1H. The van der Waals surface area contributed by atoms with Crippen molar-refractivity contribution in [1.29, 1.82) is 0 Å². The molecule has 0 rings (SSSR count). The van der Waals surface area contributed by atoms with E-state index in [-0.39, 0.29) is 24.9 Å². The normalized spacial score (nSPS) is 10.9. The van der Waals surface area contributed by atoms with Gasteiger partial charge in [0, 0.05) is 0 Å². The van der Waals surface area contributed by atoms with Crippen LogP contribution in [0.5, 0.6) is 0 Å². The van der Waals surface area contributed by atoms with Gasteiger partial charge >= 0.3 is 5.97 Å². The molecule has 0 atom stereocenters. The molecule has 3 nitrogen and oxygen atoms in total. The fourth-order valence-electron chi connectivity index (χ4n) is 3.30. The van der Waals surface area contributed by atoms with Crippen molar-refractivity contribution >= 4 is 18.4 Å². The summed E-state index contributed by atoms with van der Waals surface area (Å²) in [5.74, 6) is -0.289. The smallest absolute Gasteiger partial charge is 0.319 e. The zero-order chi connectivity index (χ0) is 19.8. The fraction of sp³-hybridized carbons (Fsp3) is 0.875. The largest absolute Gasteiger partial charge is 0.465 e. The highest BCUT2D eigenvalue weighted by Crippen LogP contribution is 2.12. The molecule has 0 aromatic rings. The third-order valence-corrected chi connectivity index (χ3v) is 5.09. The van der Waals surface area contributed by atoms with Gasteiger partial charge in [0.1, 0.15) is 0 Å². The molecule has 0 saturated heterocycles. The van der Waals surface area contributed by atoms with Gasteiger partial charge in [-0.25, -0.2) is 0 Å². The van der Waals surface area contributed by atoms with Crippen molar-refractivity contribution in [2.45, 2.75) is 122 Å². The average molecular weight is 418 g/mol. The molecule has 0 aliphatic rings. The molecule has 0 unspecified atom stereocenters. The number of carbonyl (C=O) groups excluding carboxylic acids is 1. The minimum Gasteiger partial charge on any atom is -0.465 e. The summed E-state index contributed by atoms with van der Waals surface area (Å²) in [6.07, 6.45) is 28.6. The van der Waals surface area contributed by atoms with Crippen LogP contribution >= 0.6 is 12.4 Å². The van der Waals surface area contributed by atoms with Crippen molar-refractivity contribution in [2.24, 2.45) is 5.73 Å². The molecule has 0 aromatic carbocycles. The van der Waals surface area contributed by atoms with Gasteiger partial charge in [-0.1, -0.05) is 103 Å². The van der Waals surface area contributed by atoms with E-state index >= 15 is 0 Å². The van der Waals surface area contributed by atoms with Crippen LogP contribution in [-0.4, -0.2) is 19.1 Å². The van der Waals surface area contributed by atoms with E-state index in [1.165, 1.54) is 103 Å². The van der Waals surface area contributed by atoms with E-state index in [0.29, 0.717) is 6.61 Å². The van der Waals surface area contributed by atoms with Gasteiger partial charge in [-0.05, 0) is 32.1 Å². The summed E-state index contributed by atoms with van der Waals surface area (Å²) in [5.41, 5.74) is 5.18. The monoisotopic (exact) mass is 417 g/mol. The molecule has 0 spiro atoms. The van der Waals surface area contributed by atoms with E-state index < -0.39 is 0 Å². The van der Waals surface area contributed by atoms with Gasteiger partial charge in [0.25, 0.3) is 0 Å². The van der Waals surface area contributed by atoms with Gasteiger partial charge in [-0.15, -0.1) is 12.4 Å². The summed E-state index contributed by atoms with van der Waals surface area (Å²) < 4.78 is 4.96. The van der Waals surface area contributed by atoms with E-state index in [4.69, 9.17) is 10.5 Å². The Morgan fingerprint density at radius 1 is 0.679 bits per heavy atom. The molecule has 0 aliphatic heterocycles. The molecule has 168 valence electrons. The Balaban J connectivity index is 0. The molecule has 0 bridgehead atoms. The first kappa shape index (κ1) is 29.7. The third kappa shape index (κ3) is 25.5. The number of carbonyl (C=O) groups is 1. The van der Waals surface area contributed by atoms with Crippen LogP contribution in [0.25, 0.3) is 0 Å². The number of hydrogen-bond donors (Lipinski definition) is 1. The van der Waals surface area contributed by atoms with Crippen molar-refractivity contribution in [1.82, 2.24) is 0 Å². The minimum absolute atomic E-state index is 0. The fourth-order valence-corrected chi connectivity index (χ4v) is 3.30. The number of hydrogen-bond acceptors (Lipinski definition) is 3. The van der Waals surface area contributed by atoms with Crippen molar-refractivity contribution in [3.8, 4) is 0 Å². The predicted octanol–water partition coefficient (Wildman–Crippen LogP) is 7.51. The molecule has 4 heteroatoms. The quantitative estimate of drug-likeness (QED) is 0.119. The molecule has 0 saturated carbocycles. The number of esters is 1. The number of halogens is 1. The number of rotatable bonds is 21. The van der Waals surface area contributed by atoms with Gasteiger partial charge in [0.15, 0.2) is 0 Å². The molecule has 0 radical (unpaired) electrons. The highest BCUT2D eigenvalue weighted by Gasteiger charge is 1.97. The molecule has 0 amide bonds. The van der Waals surface area contributed by atoms with E-state index in [1.807, 2.05) is 0 Å². The lowest BCUT2D eigenvalue weighted by Gasteiger charge is -2.04. The number of ether oxygens (including phenoxy) is 1. The maximum Gasteiger partial charge on any atom is 0.319 e. The van der Waals surface area contributed by atoms with Crippen molar-refractivity contribution in [3.05, 3.63) is 12.2 Å². The summed E-state index contributed by atoms with van der Waals surface area (Å²) in [4.78, 5) is 10.9. The van der Waals surface area contributed by atoms with Crippen LogP contribution < -0.4 is 5.73 Å². The second-order valence-corrected chi connectivity index (χ2v) is 7.78. The van der Waals surface area contributed by atoms with E-state index in [1.54, 1.807) is 0 Å². The lowest BCUT2D eigenvalue weighted by Crippen LogP contribution is -2.17. The van der Waals surface area contributed by atoms with Gasteiger partial charge in [-0.2, -0.15) is 0 Å². The molecule has 0 aliphatic carbocycles. The van der Waals surface area contributed by atoms with Gasteiger partial charge in [0.2, 0.25) is 0 Å². The van der Waals surface area contributed by atoms with Crippen LogP contribution in [0.3, 0.4) is 0 Å². The van der Waals surface area contributed by atoms with Crippen molar-refractivity contribution < 1.29 is 9.53 Å². The maximum atomic E-state index is 10.9. The molecular formula is C24H48ClNO2. The highest BCUT2D eigenvalue weighted by atomic mass is 35.5. The maximum absolute atomic E-state index is 10.9. The second kappa shape index (κ2) is 26.5. The van der Waals surface area contributed by atoms with Crippen LogP contribution in [-0.2, 0) is 9.53 Å². The summed E-state index contributed by atoms with van der Waals surface area (Å²) in [6.45, 7) is 2.80. The Kier molecular flexibility index (Phi) is 28.0. The summed E-state index contributed by atoms with van der Waals surface area (Å²) in [5, 5.41) is 0. The molecule has 2 N–H and O–H groups in total. The van der Waals surface area contributed by atoms with Crippen LogP contribution in [0.15, 0.2) is 12.2 Å². The first-order valence-corrected chi connectivity index (χ1v) is 11.8. The summed E-state index contributed by atoms with van der Waals surface area (Å²) in [7, 11) is 0. The van der Waals surface area contributed by atoms with Crippen molar-refractivity contribution in [3.63, 3.8) is 0 Å². The molecular weight excluding hydrogens is 370 g/mol. The predicted molar refractivity (Wildman–Crippen MR) is 125 cm³/mol. The SMILES string of the molecule is CCCCCCCCC=CCCCCCCCCCCCCOC(=O)CN.Cl. The Morgan fingerprint density at radius 2 is 1.07 bits per heavy atom. The molecule has 0 fully saturated rings.